The molecule has 35 heavy (non-hydrogen) atoms. The Morgan fingerprint density at radius 1 is 0.886 bits per heavy atom. The van der Waals surface area contributed by atoms with E-state index < -0.39 is 5.97 Å². The molecular weight excluding hydrogens is 442 g/mol. The minimum atomic E-state index is -0.915. The highest BCUT2D eigenvalue weighted by atomic mass is 16.5. The summed E-state index contributed by atoms with van der Waals surface area (Å²) in [5, 5.41) is 12.1. The fraction of sp³-hybridized carbons (Fsp3) is 0.286. The SMILES string of the molecule is C[C@@H]1CN(Cc2ccc(C(=O)O)cc2)C[C@H](C)N1CC(=O)Nc1ccc(Oc2ccccc2)cc1. The lowest BCUT2D eigenvalue weighted by Crippen LogP contribution is -2.57. The van der Waals surface area contributed by atoms with Gasteiger partial charge in [-0.1, -0.05) is 30.3 Å². The first-order valence-electron chi connectivity index (χ1n) is 11.8. The van der Waals surface area contributed by atoms with Crippen molar-refractivity contribution in [2.24, 2.45) is 0 Å². The number of para-hydroxylation sites is 1. The minimum Gasteiger partial charge on any atom is -0.478 e. The highest BCUT2D eigenvalue weighted by Gasteiger charge is 2.30. The summed E-state index contributed by atoms with van der Waals surface area (Å²) in [5.74, 6) is 0.522. The van der Waals surface area contributed by atoms with Crippen LogP contribution in [0.25, 0.3) is 0 Å². The molecule has 1 aliphatic heterocycles. The van der Waals surface area contributed by atoms with Crippen LogP contribution in [0.15, 0.2) is 78.9 Å². The highest BCUT2D eigenvalue weighted by molar-refractivity contribution is 5.92. The third kappa shape index (κ3) is 6.68. The highest BCUT2D eigenvalue weighted by Crippen LogP contribution is 2.23. The van der Waals surface area contributed by atoms with E-state index in [0.717, 1.165) is 36.6 Å². The molecule has 0 bridgehead atoms. The molecule has 2 atom stereocenters. The Kier molecular flexibility index (Phi) is 7.80. The van der Waals surface area contributed by atoms with E-state index in [9.17, 15) is 9.59 Å². The number of hydrogen-bond acceptors (Lipinski definition) is 5. The zero-order valence-corrected chi connectivity index (χ0v) is 20.1. The topological polar surface area (TPSA) is 82.1 Å². The molecule has 0 aliphatic carbocycles. The summed E-state index contributed by atoms with van der Waals surface area (Å²) < 4.78 is 5.81. The molecule has 7 nitrogen and oxygen atoms in total. The Balaban J connectivity index is 1.27. The van der Waals surface area contributed by atoms with Crippen LogP contribution in [0.1, 0.15) is 29.8 Å². The molecule has 0 saturated carbocycles. The summed E-state index contributed by atoms with van der Waals surface area (Å²) in [4.78, 5) is 28.4. The van der Waals surface area contributed by atoms with Gasteiger partial charge < -0.3 is 15.2 Å². The first-order chi connectivity index (χ1) is 16.9. The van der Waals surface area contributed by atoms with Crippen LogP contribution in [-0.2, 0) is 11.3 Å². The molecule has 1 heterocycles. The summed E-state index contributed by atoms with van der Waals surface area (Å²) in [6.45, 7) is 7.03. The maximum absolute atomic E-state index is 12.8. The smallest absolute Gasteiger partial charge is 0.335 e. The predicted octanol–water partition coefficient (Wildman–Crippen LogP) is 4.71. The van der Waals surface area contributed by atoms with Gasteiger partial charge in [-0.15, -0.1) is 0 Å². The summed E-state index contributed by atoms with van der Waals surface area (Å²) >= 11 is 0. The molecular formula is C28H31N3O4. The van der Waals surface area contributed by atoms with Crippen molar-refractivity contribution in [3.05, 3.63) is 90.0 Å². The molecule has 1 fully saturated rings. The number of nitrogens with one attached hydrogen (secondary N) is 1. The average Bonchev–Trinajstić information content (AvgIpc) is 2.84. The molecule has 182 valence electrons. The van der Waals surface area contributed by atoms with Gasteiger partial charge in [-0.3, -0.25) is 14.6 Å². The van der Waals surface area contributed by atoms with Crippen LogP contribution in [0.2, 0.25) is 0 Å². The van der Waals surface area contributed by atoms with Gasteiger partial charge in [0.05, 0.1) is 12.1 Å². The van der Waals surface area contributed by atoms with Crippen molar-refractivity contribution in [3.8, 4) is 11.5 Å². The lowest BCUT2D eigenvalue weighted by atomic mass is 10.1. The first kappa shape index (κ1) is 24.4. The molecule has 1 aliphatic rings. The van der Waals surface area contributed by atoms with Crippen molar-refractivity contribution in [2.45, 2.75) is 32.5 Å². The zero-order valence-electron chi connectivity index (χ0n) is 20.1. The summed E-state index contributed by atoms with van der Waals surface area (Å²) in [6, 6.07) is 24.4. The van der Waals surface area contributed by atoms with E-state index in [1.165, 1.54) is 0 Å². The number of rotatable bonds is 8. The van der Waals surface area contributed by atoms with Gasteiger partial charge in [-0.2, -0.15) is 0 Å². The lowest BCUT2D eigenvalue weighted by molar-refractivity contribution is -0.119. The van der Waals surface area contributed by atoms with Crippen LogP contribution in [0, 0.1) is 0 Å². The van der Waals surface area contributed by atoms with Gasteiger partial charge >= 0.3 is 5.97 Å². The van der Waals surface area contributed by atoms with E-state index in [1.54, 1.807) is 12.1 Å². The van der Waals surface area contributed by atoms with Crippen molar-refractivity contribution in [3.63, 3.8) is 0 Å². The van der Waals surface area contributed by atoms with Crippen molar-refractivity contribution in [1.29, 1.82) is 0 Å². The second-order valence-electron chi connectivity index (χ2n) is 9.05. The minimum absolute atomic E-state index is 0.0434. The van der Waals surface area contributed by atoms with E-state index in [1.807, 2.05) is 66.7 Å². The van der Waals surface area contributed by atoms with E-state index in [2.05, 4.69) is 29.0 Å². The number of nitrogens with zero attached hydrogens (tertiary/aromatic N) is 2. The molecule has 0 aromatic heterocycles. The Labute approximate surface area is 205 Å². The first-order valence-corrected chi connectivity index (χ1v) is 11.8. The number of amides is 1. The quantitative estimate of drug-likeness (QED) is 0.493. The molecule has 1 saturated heterocycles. The fourth-order valence-corrected chi connectivity index (χ4v) is 4.52. The monoisotopic (exact) mass is 473 g/mol. The Bertz CT molecular complexity index is 1120. The van der Waals surface area contributed by atoms with Crippen molar-refractivity contribution >= 4 is 17.6 Å². The van der Waals surface area contributed by atoms with Gasteiger partial charge in [-0.25, -0.2) is 4.79 Å². The third-order valence-corrected chi connectivity index (χ3v) is 6.23. The fourth-order valence-electron chi connectivity index (χ4n) is 4.52. The Morgan fingerprint density at radius 2 is 1.49 bits per heavy atom. The van der Waals surface area contributed by atoms with Crippen LogP contribution in [0.5, 0.6) is 11.5 Å². The van der Waals surface area contributed by atoms with E-state index in [-0.39, 0.29) is 18.0 Å². The van der Waals surface area contributed by atoms with Gasteiger partial charge in [-0.05, 0) is 67.9 Å². The van der Waals surface area contributed by atoms with Gasteiger partial charge in [0.15, 0.2) is 0 Å². The maximum Gasteiger partial charge on any atom is 0.335 e. The second kappa shape index (κ2) is 11.2. The molecule has 0 radical (unpaired) electrons. The Hall–Kier alpha value is -3.68. The summed E-state index contributed by atoms with van der Waals surface area (Å²) in [7, 11) is 0. The van der Waals surface area contributed by atoms with E-state index in [4.69, 9.17) is 9.84 Å². The number of carboxylic acids is 1. The van der Waals surface area contributed by atoms with Crippen LogP contribution in [0.3, 0.4) is 0 Å². The standard InChI is InChI=1S/C28H31N3O4/c1-20-16-30(18-22-8-10-23(11-9-22)28(33)34)17-21(2)31(20)19-27(32)29-24-12-14-26(15-13-24)35-25-6-4-3-5-7-25/h3-15,20-21H,16-19H2,1-2H3,(H,29,32)(H,33,34)/t20-,21+. The van der Waals surface area contributed by atoms with Gasteiger partial charge in [0, 0.05) is 37.4 Å². The average molecular weight is 474 g/mol. The van der Waals surface area contributed by atoms with E-state index in [0.29, 0.717) is 17.9 Å². The number of aromatic carboxylic acids is 1. The van der Waals surface area contributed by atoms with Crippen molar-refractivity contribution in [1.82, 2.24) is 9.80 Å². The number of ether oxygens (including phenoxy) is 1. The summed E-state index contributed by atoms with van der Waals surface area (Å²) in [6.07, 6.45) is 0. The molecule has 7 heteroatoms. The lowest BCUT2D eigenvalue weighted by Gasteiger charge is -2.44. The second-order valence-corrected chi connectivity index (χ2v) is 9.05. The van der Waals surface area contributed by atoms with Crippen molar-refractivity contribution in [2.75, 3.05) is 25.0 Å². The number of hydrogen-bond donors (Lipinski definition) is 2. The normalized spacial score (nSPS) is 18.7. The van der Waals surface area contributed by atoms with E-state index >= 15 is 0 Å². The zero-order chi connectivity index (χ0) is 24.8. The Morgan fingerprint density at radius 3 is 2.09 bits per heavy atom. The van der Waals surface area contributed by atoms with Crippen LogP contribution < -0.4 is 10.1 Å². The van der Waals surface area contributed by atoms with Gasteiger partial charge in [0.2, 0.25) is 5.91 Å². The summed E-state index contributed by atoms with van der Waals surface area (Å²) in [5.41, 5.74) is 2.11. The molecule has 3 aromatic carbocycles. The number of piperazine rings is 1. The number of benzene rings is 3. The molecule has 3 aromatic rings. The predicted molar refractivity (Wildman–Crippen MR) is 136 cm³/mol. The largest absolute Gasteiger partial charge is 0.478 e. The number of carbonyl (C=O) groups excluding carboxylic acids is 1. The van der Waals surface area contributed by atoms with Gasteiger partial charge in [0.1, 0.15) is 11.5 Å². The third-order valence-electron chi connectivity index (χ3n) is 6.23. The van der Waals surface area contributed by atoms with Crippen LogP contribution >= 0.6 is 0 Å². The molecule has 2 N–H and O–H groups in total. The number of carbonyl (C=O) groups is 2. The van der Waals surface area contributed by atoms with Gasteiger partial charge in [0.25, 0.3) is 0 Å². The molecule has 1 amide bonds. The maximum atomic E-state index is 12.8. The number of anilines is 1. The van der Waals surface area contributed by atoms with Crippen molar-refractivity contribution < 1.29 is 19.4 Å². The van der Waals surface area contributed by atoms with Crippen LogP contribution in [-0.4, -0.2) is 58.5 Å². The van der Waals surface area contributed by atoms with Crippen LogP contribution in [0.4, 0.5) is 5.69 Å². The molecule has 4 rings (SSSR count). The molecule has 0 spiro atoms. The molecule has 0 unspecified atom stereocenters. The number of carboxylic acid groups (broad SMARTS) is 1.